The first kappa shape index (κ1) is 13.2. The normalized spacial score (nSPS) is 22.4. The number of hydrogen-bond acceptors (Lipinski definition) is 5. The summed E-state index contributed by atoms with van der Waals surface area (Å²) in [5, 5.41) is 6.11. The van der Waals surface area contributed by atoms with Crippen LogP contribution in [0.15, 0.2) is 23.7 Å². The average molecular weight is 320 g/mol. The smallest absolute Gasteiger partial charge is 0.317 e. The number of aromatic nitrogens is 1. The van der Waals surface area contributed by atoms with Crippen LogP contribution in [0.25, 0.3) is 9.88 Å². The predicted octanol–water partition coefficient (Wildman–Crippen LogP) is 2.08. The van der Waals surface area contributed by atoms with Gasteiger partial charge < -0.3 is 10.2 Å². The lowest BCUT2D eigenvalue weighted by Crippen LogP contribution is -2.51. The van der Waals surface area contributed by atoms with E-state index in [4.69, 9.17) is 0 Å². The molecule has 2 aromatic rings. The van der Waals surface area contributed by atoms with Gasteiger partial charge in [-0.25, -0.2) is 9.78 Å². The predicted molar refractivity (Wildman–Crippen MR) is 84.6 cm³/mol. The van der Waals surface area contributed by atoms with E-state index in [0.717, 1.165) is 37.7 Å². The highest BCUT2D eigenvalue weighted by molar-refractivity contribution is 7.20. The van der Waals surface area contributed by atoms with Crippen LogP contribution in [0.5, 0.6) is 0 Å². The van der Waals surface area contributed by atoms with E-state index in [1.165, 1.54) is 9.75 Å². The number of urea groups is 1. The standard InChI is InChI=1S/C14H16N4OS2/c19-14-16-6-10-8-17(3-4-18(10)14)9-11-7-15-13(21-11)12-2-1-5-20-12/h1-2,5,7,10H,3-4,6,8-9H2,(H,16,19). The zero-order valence-electron chi connectivity index (χ0n) is 11.5. The summed E-state index contributed by atoms with van der Waals surface area (Å²) < 4.78 is 0. The quantitative estimate of drug-likeness (QED) is 0.942. The van der Waals surface area contributed by atoms with Crippen LogP contribution in [0, 0.1) is 0 Å². The molecule has 2 aromatic heterocycles. The first-order valence-corrected chi connectivity index (χ1v) is 8.74. The molecule has 0 aliphatic carbocycles. The molecule has 1 N–H and O–H groups in total. The Labute approximate surface area is 131 Å². The number of carbonyl (C=O) groups excluding carboxylic acids is 1. The van der Waals surface area contributed by atoms with Crippen molar-refractivity contribution in [1.29, 1.82) is 0 Å². The number of amides is 2. The van der Waals surface area contributed by atoms with Crippen molar-refractivity contribution in [2.75, 3.05) is 26.2 Å². The number of thiazole rings is 1. The molecule has 7 heteroatoms. The molecular weight excluding hydrogens is 304 g/mol. The van der Waals surface area contributed by atoms with Crippen LogP contribution in [-0.4, -0.2) is 53.0 Å². The van der Waals surface area contributed by atoms with Gasteiger partial charge in [0, 0.05) is 43.8 Å². The van der Waals surface area contributed by atoms with E-state index in [1.807, 2.05) is 11.1 Å². The fourth-order valence-electron chi connectivity index (χ4n) is 2.93. The van der Waals surface area contributed by atoms with E-state index in [0.29, 0.717) is 6.04 Å². The van der Waals surface area contributed by atoms with Gasteiger partial charge in [-0.1, -0.05) is 6.07 Å². The molecule has 2 saturated heterocycles. The summed E-state index contributed by atoms with van der Waals surface area (Å²) in [5.74, 6) is 0. The topological polar surface area (TPSA) is 48.5 Å². The Morgan fingerprint density at radius 1 is 1.43 bits per heavy atom. The van der Waals surface area contributed by atoms with Crippen molar-refractivity contribution in [3.8, 4) is 9.88 Å². The molecule has 110 valence electrons. The number of rotatable bonds is 3. The lowest BCUT2D eigenvalue weighted by molar-refractivity contribution is 0.117. The van der Waals surface area contributed by atoms with Crippen molar-refractivity contribution in [3.63, 3.8) is 0 Å². The lowest BCUT2D eigenvalue weighted by Gasteiger charge is -2.36. The van der Waals surface area contributed by atoms with Crippen molar-refractivity contribution in [1.82, 2.24) is 20.1 Å². The van der Waals surface area contributed by atoms with Gasteiger partial charge in [-0.3, -0.25) is 4.90 Å². The van der Waals surface area contributed by atoms with Crippen LogP contribution in [0.4, 0.5) is 4.79 Å². The second kappa shape index (κ2) is 5.40. The van der Waals surface area contributed by atoms with Gasteiger partial charge in [0.25, 0.3) is 0 Å². The van der Waals surface area contributed by atoms with Gasteiger partial charge in [0.15, 0.2) is 0 Å². The summed E-state index contributed by atoms with van der Waals surface area (Å²) in [6.07, 6.45) is 1.99. The molecule has 2 fully saturated rings. The Bertz CT molecular complexity index is 639. The number of hydrogen-bond donors (Lipinski definition) is 1. The maximum atomic E-state index is 11.6. The Morgan fingerprint density at radius 3 is 3.24 bits per heavy atom. The van der Waals surface area contributed by atoms with Crippen molar-refractivity contribution >= 4 is 28.7 Å². The number of thiophene rings is 1. The van der Waals surface area contributed by atoms with E-state index >= 15 is 0 Å². The largest absolute Gasteiger partial charge is 0.336 e. The fraction of sp³-hybridized carbons (Fsp3) is 0.429. The summed E-state index contributed by atoms with van der Waals surface area (Å²) >= 11 is 3.50. The Kier molecular flexibility index (Phi) is 3.40. The number of fused-ring (bicyclic) bond motifs is 1. The lowest BCUT2D eigenvalue weighted by atomic mass is 10.2. The highest BCUT2D eigenvalue weighted by Gasteiger charge is 2.35. The maximum Gasteiger partial charge on any atom is 0.317 e. The molecule has 4 rings (SSSR count). The number of carbonyl (C=O) groups is 1. The fourth-order valence-corrected chi connectivity index (χ4v) is 4.69. The molecule has 2 aliphatic heterocycles. The first-order valence-electron chi connectivity index (χ1n) is 7.05. The minimum absolute atomic E-state index is 0.0948. The monoisotopic (exact) mass is 320 g/mol. The molecule has 2 amide bonds. The van der Waals surface area contributed by atoms with Crippen LogP contribution < -0.4 is 5.32 Å². The van der Waals surface area contributed by atoms with Crippen LogP contribution >= 0.6 is 22.7 Å². The second-order valence-corrected chi connectivity index (χ2v) is 7.44. The third-order valence-electron chi connectivity index (χ3n) is 3.98. The molecule has 0 saturated carbocycles. The summed E-state index contributed by atoms with van der Waals surface area (Å²) in [7, 11) is 0. The van der Waals surface area contributed by atoms with E-state index in [9.17, 15) is 4.79 Å². The van der Waals surface area contributed by atoms with Gasteiger partial charge in [0.2, 0.25) is 0 Å². The summed E-state index contributed by atoms with van der Waals surface area (Å²) in [6.45, 7) is 4.42. The van der Waals surface area contributed by atoms with Crippen LogP contribution in [-0.2, 0) is 6.54 Å². The van der Waals surface area contributed by atoms with Crippen LogP contribution in [0.1, 0.15) is 4.88 Å². The van der Waals surface area contributed by atoms with Gasteiger partial charge in [-0.2, -0.15) is 0 Å². The molecule has 1 unspecified atom stereocenters. The molecule has 5 nitrogen and oxygen atoms in total. The molecule has 4 heterocycles. The molecule has 0 spiro atoms. The average Bonchev–Trinajstić information content (AvgIpc) is 3.20. The third-order valence-corrected chi connectivity index (χ3v) is 6.00. The van der Waals surface area contributed by atoms with E-state index in [2.05, 4.69) is 32.7 Å². The zero-order chi connectivity index (χ0) is 14.2. The number of nitrogens with zero attached hydrogens (tertiary/aromatic N) is 3. The highest BCUT2D eigenvalue weighted by atomic mass is 32.1. The van der Waals surface area contributed by atoms with Gasteiger partial charge >= 0.3 is 6.03 Å². The van der Waals surface area contributed by atoms with Gasteiger partial charge in [0.1, 0.15) is 5.01 Å². The van der Waals surface area contributed by atoms with Gasteiger partial charge in [-0.05, 0) is 11.4 Å². The Balaban J connectivity index is 1.42. The van der Waals surface area contributed by atoms with Gasteiger partial charge in [0.05, 0.1) is 10.9 Å². The SMILES string of the molecule is O=C1NCC2CN(Cc3cnc(-c4cccs4)s3)CCN12. The Hall–Kier alpha value is -1.44. The summed E-state index contributed by atoms with van der Waals surface area (Å²) in [4.78, 5) is 23.0. The second-order valence-electron chi connectivity index (χ2n) is 5.38. The molecule has 0 bridgehead atoms. The molecule has 1 atom stereocenters. The zero-order valence-corrected chi connectivity index (χ0v) is 13.1. The molecular formula is C14H16N4OS2. The number of piperazine rings is 1. The van der Waals surface area contributed by atoms with E-state index < -0.39 is 0 Å². The minimum Gasteiger partial charge on any atom is -0.336 e. The van der Waals surface area contributed by atoms with E-state index in [-0.39, 0.29) is 6.03 Å². The van der Waals surface area contributed by atoms with Crippen molar-refractivity contribution in [3.05, 3.63) is 28.6 Å². The van der Waals surface area contributed by atoms with Crippen LogP contribution in [0.2, 0.25) is 0 Å². The Morgan fingerprint density at radius 2 is 2.38 bits per heavy atom. The minimum atomic E-state index is 0.0948. The van der Waals surface area contributed by atoms with Crippen molar-refractivity contribution in [2.24, 2.45) is 0 Å². The van der Waals surface area contributed by atoms with E-state index in [1.54, 1.807) is 22.7 Å². The third kappa shape index (κ3) is 2.56. The number of nitrogens with one attached hydrogen (secondary N) is 1. The molecule has 0 aromatic carbocycles. The highest BCUT2D eigenvalue weighted by Crippen LogP contribution is 2.29. The summed E-state index contributed by atoms with van der Waals surface area (Å²) in [6, 6.07) is 4.60. The maximum absolute atomic E-state index is 11.6. The van der Waals surface area contributed by atoms with Crippen molar-refractivity contribution < 1.29 is 4.79 Å². The molecule has 2 aliphatic rings. The first-order chi connectivity index (χ1) is 10.3. The van der Waals surface area contributed by atoms with Crippen molar-refractivity contribution in [2.45, 2.75) is 12.6 Å². The van der Waals surface area contributed by atoms with Crippen LogP contribution in [0.3, 0.4) is 0 Å². The molecule has 0 radical (unpaired) electrons. The summed E-state index contributed by atoms with van der Waals surface area (Å²) in [5.41, 5.74) is 0. The van der Waals surface area contributed by atoms with Gasteiger partial charge in [-0.15, -0.1) is 22.7 Å². The molecule has 21 heavy (non-hydrogen) atoms.